The summed E-state index contributed by atoms with van der Waals surface area (Å²) in [5.74, 6) is -0.643. The lowest BCUT2D eigenvalue weighted by atomic mass is 9.79. The molecule has 12 unspecified atom stereocenters. The van der Waals surface area contributed by atoms with Gasteiger partial charge in [-0.1, -0.05) is 111 Å². The number of hydrogen-bond acceptors (Lipinski definition) is 24. The Kier molecular flexibility index (Phi) is 25.3. The molecule has 0 aliphatic carbocycles. The minimum atomic E-state index is -2.81. The second-order valence-electron chi connectivity index (χ2n) is 36.1. The quantitative estimate of drug-likeness (QED) is 0.0303. The molecule has 4 aromatic carbocycles. The van der Waals surface area contributed by atoms with Crippen LogP contribution in [0, 0.1) is 71.0 Å². The van der Waals surface area contributed by atoms with Crippen LogP contribution in [0.2, 0.25) is 0 Å². The molecule has 120 heavy (non-hydrogen) atoms. The first-order chi connectivity index (χ1) is 65.3. The minimum Gasteiger partial charge on any atom is -0.493 e. The lowest BCUT2D eigenvalue weighted by molar-refractivity contribution is -0.161. The number of ether oxygens (including phenoxy) is 12. The number of hydrogen-bond donors (Lipinski definition) is 4. The van der Waals surface area contributed by atoms with Gasteiger partial charge < -0.3 is 79.8 Å². The van der Waals surface area contributed by atoms with E-state index in [4.69, 9.17) is 110 Å². The van der Waals surface area contributed by atoms with Gasteiger partial charge in [0, 0.05) is 148 Å². The molecule has 12 rings (SSSR count). The standard InChI is InChI=1S/4C24H38N2O4/c4*1-14(2)9-17-13-26-8-7-16-10-21(28-5)22(29-6)11-18(16)19(26)12-20(17)30-24(27)23(25)15(3)4/h4*10-11,14-15,17,19-20,23H,7-9,12-13,25H2,1-6H3/t4*17?,19?,20?,23-/m0000/s1/i2*5D3,7D2,8D2;2*7D2,8D2. The molecule has 672 valence electrons. The number of nitrogens with zero attached hydrogens (tertiary/aromatic N) is 4. The van der Waals surface area contributed by atoms with Crippen LogP contribution in [-0.4, -0.2) is 201 Å². The molecule has 4 saturated heterocycles. The third-order valence-corrected chi connectivity index (χ3v) is 24.1. The first kappa shape index (κ1) is 69.2. The van der Waals surface area contributed by atoms with E-state index in [-0.39, 0.29) is 143 Å². The monoisotopic (exact) mass is 1700 g/mol. The van der Waals surface area contributed by atoms with E-state index in [2.05, 4.69) is 27.7 Å². The predicted molar refractivity (Wildman–Crippen MR) is 471 cm³/mol. The van der Waals surface area contributed by atoms with Gasteiger partial charge in [-0.25, -0.2) is 0 Å². The summed E-state index contributed by atoms with van der Waals surface area (Å²) in [5, 5.41) is 0. The minimum absolute atomic E-state index is 0.0231. The number of aryl methyl sites for hydroxylation is 4. The van der Waals surface area contributed by atoms with Gasteiger partial charge >= 0.3 is 23.9 Å². The summed E-state index contributed by atoms with van der Waals surface area (Å²) < 4.78 is 252. The number of esters is 4. The zero-order valence-electron chi connectivity index (χ0n) is 96.6. The molecule has 8 aliphatic rings. The molecule has 16 atom stereocenters. The molecular weight excluding hydrogens is 1520 g/mol. The van der Waals surface area contributed by atoms with Crippen LogP contribution in [0.25, 0.3) is 0 Å². The molecule has 4 fully saturated rings. The Morgan fingerprint density at radius 3 is 0.675 bits per heavy atom. The van der Waals surface area contributed by atoms with Crippen molar-refractivity contribution >= 4 is 23.9 Å². The Balaban J connectivity index is 0.000000211. The highest BCUT2D eigenvalue weighted by molar-refractivity contribution is 5.77. The molecule has 0 bridgehead atoms. The summed E-state index contributed by atoms with van der Waals surface area (Å²) in [5.41, 5.74) is 26.7. The molecule has 0 aromatic heterocycles. The summed E-state index contributed by atoms with van der Waals surface area (Å²) in [6, 6.07) is 6.58. The van der Waals surface area contributed by atoms with Crippen molar-refractivity contribution in [2.75, 3.05) is 109 Å². The third kappa shape index (κ3) is 23.8. The Hall–Kier alpha value is -7.16. The molecule has 8 heterocycles. The zero-order chi connectivity index (χ0) is 107. The lowest BCUT2D eigenvalue weighted by Crippen LogP contribution is -2.51. The molecule has 0 saturated carbocycles. The van der Waals surface area contributed by atoms with Crippen molar-refractivity contribution in [1.82, 2.24) is 19.6 Å². The van der Waals surface area contributed by atoms with Crippen LogP contribution >= 0.6 is 0 Å². The molecule has 8 aliphatic heterocycles. The largest absolute Gasteiger partial charge is 0.493 e. The normalized spacial score (nSPS) is 31.2. The number of piperidine rings is 4. The van der Waals surface area contributed by atoms with Gasteiger partial charge in [-0.2, -0.15) is 0 Å². The van der Waals surface area contributed by atoms with E-state index in [9.17, 15) is 19.2 Å². The number of rotatable bonds is 28. The van der Waals surface area contributed by atoms with Gasteiger partial charge in [0.2, 0.25) is 0 Å². The summed E-state index contributed by atoms with van der Waals surface area (Å²) >= 11 is 0. The molecule has 0 radical (unpaired) electrons. The van der Waals surface area contributed by atoms with E-state index in [1.165, 1.54) is 88.9 Å². The summed E-state index contributed by atoms with van der Waals surface area (Å²) in [4.78, 5) is 57.4. The Morgan fingerprint density at radius 2 is 0.508 bits per heavy atom. The average Bonchev–Trinajstić information content (AvgIpc) is 0.716. The average molecular weight is 1700 g/mol. The zero-order valence-corrected chi connectivity index (χ0v) is 74.6. The van der Waals surface area contributed by atoms with E-state index in [1.807, 2.05) is 83.1 Å². The second-order valence-corrected chi connectivity index (χ2v) is 36.1. The van der Waals surface area contributed by atoms with Gasteiger partial charge in [-0.15, -0.1) is 0 Å². The van der Waals surface area contributed by atoms with Gasteiger partial charge in [0.1, 0.15) is 48.6 Å². The van der Waals surface area contributed by atoms with Gasteiger partial charge in [0.25, 0.3) is 0 Å². The van der Waals surface area contributed by atoms with E-state index in [1.54, 1.807) is 21.9 Å². The Labute approximate surface area is 749 Å². The van der Waals surface area contributed by atoms with Crippen molar-refractivity contribution in [1.29, 1.82) is 0 Å². The maximum absolute atomic E-state index is 12.8. The highest BCUT2D eigenvalue weighted by atomic mass is 16.6. The fourth-order valence-corrected chi connectivity index (χ4v) is 17.2. The van der Waals surface area contributed by atoms with Gasteiger partial charge in [-0.05, 0) is 192 Å². The van der Waals surface area contributed by atoms with Crippen molar-refractivity contribution in [2.24, 2.45) is 93.9 Å². The van der Waals surface area contributed by atoms with E-state index in [0.29, 0.717) is 82.8 Å². The van der Waals surface area contributed by atoms with Crippen molar-refractivity contribution < 1.29 is 106 Å². The third-order valence-electron chi connectivity index (χ3n) is 24.1. The molecule has 0 amide bonds. The highest BCUT2D eigenvalue weighted by Crippen LogP contribution is 2.50. The van der Waals surface area contributed by atoms with Gasteiger partial charge in [0.15, 0.2) is 46.0 Å². The Morgan fingerprint density at radius 1 is 0.325 bits per heavy atom. The maximum Gasteiger partial charge on any atom is 0.323 e. The SMILES string of the molecule is [2H]C([2H])([2H])Oc1cc2c(cc1OC)C1CC(OC(=O)[C@@H](N)C(C)C)C(CC(C)C)CN1C([2H])([2H])C2([2H])[2H].[2H]C([2H])([2H])Oc1cc2c(cc1OC)C1CC(OC(=O)[C@@H](N)C(C)C)C(CC(C)C)CN1C([2H])([2H])C2([2H])[2H].[2H]C1([2H])c2cc(OC)c(OC)cc2C2CC(OC(=O)[C@@H](N)C(C)C)C(CC(C)C)CN2C1([2H])[2H].[2H]C1([2H])c2cc(OC)c(OC)cc2C2CC(OC(=O)[C@@H](N)C(C)C)C(CC(C)C)CN2C1([2H])[2H]. The van der Waals surface area contributed by atoms with E-state index >= 15 is 0 Å². The van der Waals surface area contributed by atoms with Crippen LogP contribution in [0.5, 0.6) is 46.0 Å². The van der Waals surface area contributed by atoms with Crippen LogP contribution in [0.4, 0.5) is 0 Å². The van der Waals surface area contributed by atoms with Gasteiger partial charge in [0.05, 0.1) is 65.0 Å². The summed E-state index contributed by atoms with van der Waals surface area (Å²) in [7, 11) is 3.03. The van der Waals surface area contributed by atoms with Crippen LogP contribution in [0.3, 0.4) is 0 Å². The van der Waals surface area contributed by atoms with Crippen LogP contribution < -0.4 is 60.8 Å². The summed E-state index contributed by atoms with van der Waals surface area (Å²) in [6.07, 6.45) is -7.74. The van der Waals surface area contributed by atoms with E-state index in [0.717, 1.165) is 12.8 Å². The smallest absolute Gasteiger partial charge is 0.323 e. The molecule has 24 heteroatoms. The fourth-order valence-electron chi connectivity index (χ4n) is 17.2. The van der Waals surface area contributed by atoms with Crippen molar-refractivity contribution in [3.8, 4) is 46.0 Å². The van der Waals surface area contributed by atoms with Crippen molar-refractivity contribution in [2.45, 2.75) is 260 Å². The first-order valence-electron chi connectivity index (χ1n) is 53.6. The number of carbonyl (C=O) groups is 4. The Bertz CT molecular complexity index is 4730. The number of nitrogens with two attached hydrogens (primary N) is 4. The topological polar surface area (TPSA) is 296 Å². The summed E-state index contributed by atoms with van der Waals surface area (Å²) in [6.45, 7) is 22.6. The molecule has 4 aromatic rings. The fraction of sp³-hybridized carbons (Fsp3) is 0.708. The first-order valence-corrected chi connectivity index (χ1v) is 42.6. The number of benzene rings is 4. The molecular formula is C96H152N8O16. The highest BCUT2D eigenvalue weighted by Gasteiger charge is 2.47. The van der Waals surface area contributed by atoms with Crippen molar-refractivity contribution in [3.63, 3.8) is 0 Å². The van der Waals surface area contributed by atoms with E-state index < -0.39 is 162 Å². The molecule has 8 N–H and O–H groups in total. The van der Waals surface area contributed by atoms with Crippen LogP contribution in [0.15, 0.2) is 48.5 Å². The molecule has 24 nitrogen and oxygen atoms in total. The second kappa shape index (κ2) is 43.9. The molecule has 0 spiro atoms. The number of methoxy groups -OCH3 is 8. The number of fused-ring (bicyclic) bond motifs is 12. The maximum atomic E-state index is 12.8. The van der Waals surface area contributed by atoms with Gasteiger partial charge in [-0.3, -0.25) is 38.8 Å². The van der Waals surface area contributed by atoms with Crippen molar-refractivity contribution in [3.05, 3.63) is 93.0 Å². The predicted octanol–water partition coefficient (Wildman–Crippen LogP) is 14.3. The number of carbonyl (C=O) groups excluding carboxylic acids is 4. The van der Waals surface area contributed by atoms with Crippen LogP contribution in [-0.2, 0) is 63.6 Å². The lowest BCUT2D eigenvalue weighted by Gasteiger charge is -2.47. The van der Waals surface area contributed by atoms with Crippen LogP contribution in [0.1, 0.15) is 261 Å².